The fourth-order valence-electron chi connectivity index (χ4n) is 7.40. The first-order valence-electron chi connectivity index (χ1n) is 14.0. The number of likely N-dealkylation sites (tertiary alicyclic amines) is 1. The molecule has 1 aromatic rings. The Hall–Kier alpha value is -3.21. The Morgan fingerprint density at radius 1 is 1.15 bits per heavy atom. The Kier molecular flexibility index (Phi) is 7.09. The molecule has 5 rings (SSSR count). The molecule has 0 saturated carbocycles. The topological polar surface area (TPSA) is 165 Å². The van der Waals surface area contributed by atoms with Gasteiger partial charge in [0.1, 0.15) is 22.8 Å². The number of piperidine rings is 1. The van der Waals surface area contributed by atoms with E-state index in [9.17, 15) is 34.8 Å². The first-order valence-corrected chi connectivity index (χ1v) is 14.0. The summed E-state index contributed by atoms with van der Waals surface area (Å²) in [6, 6.07) is 0.977. The van der Waals surface area contributed by atoms with Gasteiger partial charge in [-0.3, -0.25) is 24.2 Å². The lowest BCUT2D eigenvalue weighted by Gasteiger charge is -2.50. The van der Waals surface area contributed by atoms with Crippen molar-refractivity contribution in [3.63, 3.8) is 0 Å². The fourth-order valence-corrected chi connectivity index (χ4v) is 7.40. The molecule has 4 atom stereocenters. The highest BCUT2D eigenvalue weighted by Crippen LogP contribution is 2.53. The predicted octanol–water partition coefficient (Wildman–Crippen LogP) is 2.23. The SMILES string of the molecule is CC(C)c1cc(CN2CCCCC2)c(O)c2c1C[C@H]1C[C@H]3[C@H](N(C)C)C(O)=C(C(N)=O)C(=O)[C@@]3(O)C(O)=C1C2=O. The number of primary amides is 1. The molecular formula is C30H39N3O7. The van der Waals surface area contributed by atoms with Gasteiger partial charge >= 0.3 is 0 Å². The van der Waals surface area contributed by atoms with Crippen LogP contribution in [0, 0.1) is 11.8 Å². The quantitative estimate of drug-likeness (QED) is 0.344. The number of Topliss-reactive ketones (excluding diaryl/α,β-unsaturated/α-hetero) is 2. The van der Waals surface area contributed by atoms with Crippen LogP contribution in [0.3, 0.4) is 0 Å². The molecule has 1 aliphatic heterocycles. The second-order valence-corrected chi connectivity index (χ2v) is 12.3. The standard InChI is InChI=1S/C30H39N3O7/c1-14(2)17-11-16(13-33-8-6-5-7-9-33)24(34)21-18(17)10-15-12-19-23(32(3)4)26(36)22(29(31)39)28(38)30(19,40)27(37)20(15)25(21)35/h11,14-15,19,23,34,36-37,40H,5-10,12-13H2,1-4H3,(H2,31,39)/t15-,19-,23-,30-/m0/s1. The molecule has 3 aliphatic carbocycles. The molecule has 1 aromatic carbocycles. The molecule has 10 heteroatoms. The summed E-state index contributed by atoms with van der Waals surface area (Å²) in [5.74, 6) is -6.19. The van der Waals surface area contributed by atoms with Crippen LogP contribution in [0.2, 0.25) is 0 Å². The van der Waals surface area contributed by atoms with Crippen molar-refractivity contribution in [2.75, 3.05) is 27.2 Å². The van der Waals surface area contributed by atoms with Gasteiger partial charge in [-0.1, -0.05) is 26.3 Å². The number of carbonyl (C=O) groups is 3. The van der Waals surface area contributed by atoms with Crippen LogP contribution in [-0.2, 0) is 22.6 Å². The van der Waals surface area contributed by atoms with Crippen molar-refractivity contribution in [2.45, 2.75) is 70.1 Å². The van der Waals surface area contributed by atoms with Crippen LogP contribution in [-0.4, -0.2) is 86.5 Å². The number of ketones is 2. The van der Waals surface area contributed by atoms with Crippen molar-refractivity contribution < 1.29 is 34.8 Å². The first-order chi connectivity index (χ1) is 18.8. The molecule has 1 fully saturated rings. The summed E-state index contributed by atoms with van der Waals surface area (Å²) in [5.41, 5.74) is 4.22. The molecule has 1 amide bonds. The summed E-state index contributed by atoms with van der Waals surface area (Å²) in [7, 11) is 3.23. The van der Waals surface area contributed by atoms with E-state index in [2.05, 4.69) is 4.90 Å². The van der Waals surface area contributed by atoms with Crippen LogP contribution in [0.5, 0.6) is 5.75 Å². The van der Waals surface area contributed by atoms with Gasteiger partial charge < -0.3 is 26.2 Å². The van der Waals surface area contributed by atoms with Gasteiger partial charge in [0.05, 0.1) is 11.6 Å². The summed E-state index contributed by atoms with van der Waals surface area (Å²) in [6.07, 6.45) is 3.70. The third-order valence-corrected chi connectivity index (χ3v) is 9.30. The second kappa shape index (κ2) is 10.0. The molecule has 6 N–H and O–H groups in total. The Morgan fingerprint density at radius 2 is 1.80 bits per heavy atom. The minimum atomic E-state index is -2.63. The van der Waals surface area contributed by atoms with Crippen LogP contribution in [0.15, 0.2) is 28.7 Å². The lowest BCUT2D eigenvalue weighted by atomic mass is 9.58. The number of aliphatic hydroxyl groups excluding tert-OH is 2. The van der Waals surface area contributed by atoms with Crippen LogP contribution in [0.4, 0.5) is 0 Å². The first kappa shape index (κ1) is 28.3. The third-order valence-electron chi connectivity index (χ3n) is 9.30. The number of nitrogens with two attached hydrogens (primary N) is 1. The van der Waals surface area contributed by atoms with Gasteiger partial charge in [-0.2, -0.15) is 0 Å². The third kappa shape index (κ3) is 4.07. The van der Waals surface area contributed by atoms with Crippen LogP contribution >= 0.6 is 0 Å². The molecule has 0 spiro atoms. The van der Waals surface area contributed by atoms with E-state index < -0.39 is 58.0 Å². The molecule has 10 nitrogen and oxygen atoms in total. The number of hydrogen-bond donors (Lipinski definition) is 5. The number of phenols is 1. The molecule has 40 heavy (non-hydrogen) atoms. The van der Waals surface area contributed by atoms with Crippen molar-refractivity contribution in [1.29, 1.82) is 0 Å². The van der Waals surface area contributed by atoms with Crippen molar-refractivity contribution in [1.82, 2.24) is 9.80 Å². The maximum absolute atomic E-state index is 14.1. The fraction of sp³-hybridized carbons (Fsp3) is 0.567. The Morgan fingerprint density at radius 3 is 2.38 bits per heavy atom. The van der Waals surface area contributed by atoms with E-state index in [4.69, 9.17) is 5.73 Å². The smallest absolute Gasteiger partial charge is 0.255 e. The number of hydrogen-bond acceptors (Lipinski definition) is 9. The van der Waals surface area contributed by atoms with E-state index in [1.807, 2.05) is 19.9 Å². The monoisotopic (exact) mass is 553 g/mol. The zero-order chi connectivity index (χ0) is 29.3. The highest BCUT2D eigenvalue weighted by Gasteiger charge is 2.63. The summed E-state index contributed by atoms with van der Waals surface area (Å²) in [5, 5.41) is 45.7. The van der Waals surface area contributed by atoms with Crippen molar-refractivity contribution in [3.8, 4) is 5.75 Å². The molecule has 0 aromatic heterocycles. The maximum atomic E-state index is 14.1. The second-order valence-electron chi connectivity index (χ2n) is 12.3. The lowest BCUT2D eigenvalue weighted by molar-refractivity contribution is -0.148. The molecule has 216 valence electrons. The Bertz CT molecular complexity index is 1360. The van der Waals surface area contributed by atoms with Gasteiger partial charge in [-0.15, -0.1) is 0 Å². The maximum Gasteiger partial charge on any atom is 0.255 e. The average Bonchev–Trinajstić information content (AvgIpc) is 2.87. The number of amides is 1. The van der Waals surface area contributed by atoms with Gasteiger partial charge in [-0.05, 0) is 75.8 Å². The lowest BCUT2D eigenvalue weighted by Crippen LogP contribution is -2.63. The van der Waals surface area contributed by atoms with E-state index >= 15 is 0 Å². The van der Waals surface area contributed by atoms with Crippen LogP contribution < -0.4 is 5.73 Å². The van der Waals surface area contributed by atoms with Crippen molar-refractivity contribution >= 4 is 17.5 Å². The number of aliphatic hydroxyl groups is 3. The van der Waals surface area contributed by atoms with Crippen LogP contribution in [0.1, 0.15) is 72.5 Å². The van der Waals surface area contributed by atoms with Crippen molar-refractivity contribution in [2.24, 2.45) is 17.6 Å². The van der Waals surface area contributed by atoms with E-state index in [0.717, 1.165) is 31.5 Å². The molecular weight excluding hydrogens is 514 g/mol. The number of nitrogens with zero attached hydrogens (tertiary/aromatic N) is 2. The number of rotatable bonds is 5. The van der Waals surface area contributed by atoms with Gasteiger partial charge in [0.25, 0.3) is 5.91 Å². The summed E-state index contributed by atoms with van der Waals surface area (Å²) >= 11 is 0. The van der Waals surface area contributed by atoms with Crippen molar-refractivity contribution in [3.05, 3.63) is 51.0 Å². The summed E-state index contributed by atoms with van der Waals surface area (Å²) in [4.78, 5) is 43.6. The molecule has 1 saturated heterocycles. The Labute approximate surface area is 233 Å². The number of likely N-dealkylation sites (N-methyl/N-ethyl adjacent to an activating group) is 1. The number of allylic oxidation sites excluding steroid dienone is 1. The number of fused-ring (bicyclic) bond motifs is 3. The van der Waals surface area contributed by atoms with Gasteiger partial charge in [0.2, 0.25) is 5.78 Å². The van der Waals surface area contributed by atoms with Crippen LogP contribution in [0.25, 0.3) is 0 Å². The number of benzene rings is 1. The van der Waals surface area contributed by atoms with E-state index in [0.29, 0.717) is 24.1 Å². The highest BCUT2D eigenvalue weighted by molar-refractivity contribution is 6.24. The minimum Gasteiger partial charge on any atom is -0.510 e. The predicted molar refractivity (Wildman–Crippen MR) is 147 cm³/mol. The molecule has 0 radical (unpaired) electrons. The van der Waals surface area contributed by atoms with E-state index in [1.54, 1.807) is 19.0 Å². The average molecular weight is 554 g/mol. The van der Waals surface area contributed by atoms with E-state index in [1.165, 1.54) is 6.42 Å². The normalized spacial score (nSPS) is 29.1. The van der Waals surface area contributed by atoms with Gasteiger partial charge in [0, 0.05) is 23.6 Å². The molecule has 4 aliphatic rings. The minimum absolute atomic E-state index is 0.0535. The number of phenolic OH excluding ortho intramolecular Hbond substituents is 1. The summed E-state index contributed by atoms with van der Waals surface area (Å²) in [6.45, 7) is 6.35. The largest absolute Gasteiger partial charge is 0.510 e. The van der Waals surface area contributed by atoms with Gasteiger partial charge in [-0.25, -0.2) is 0 Å². The van der Waals surface area contributed by atoms with Gasteiger partial charge in [0.15, 0.2) is 11.4 Å². The summed E-state index contributed by atoms with van der Waals surface area (Å²) < 4.78 is 0. The highest BCUT2D eigenvalue weighted by atomic mass is 16.3. The number of carbonyl (C=O) groups excluding carboxylic acids is 3. The molecule has 1 heterocycles. The molecule has 0 bridgehead atoms. The Balaban J connectivity index is 1.67. The number of aromatic hydroxyl groups is 1. The van der Waals surface area contributed by atoms with E-state index in [-0.39, 0.29) is 29.2 Å². The molecule has 0 unspecified atom stereocenters. The zero-order valence-corrected chi connectivity index (χ0v) is 23.5. The zero-order valence-electron chi connectivity index (χ0n) is 23.5.